The molecule has 1 rings (SSSR count). The molecule has 14 heavy (non-hydrogen) atoms. The molecule has 76 valence electrons. The molecule has 1 aromatic carbocycles. The van der Waals surface area contributed by atoms with Crippen LogP contribution in [0, 0.1) is 29.1 Å². The molecule has 8 heteroatoms. The first-order chi connectivity index (χ1) is 6.50. The molecule has 0 aromatic heterocycles. The molecule has 0 heterocycles. The van der Waals surface area contributed by atoms with Crippen molar-refractivity contribution >= 4 is 29.7 Å². The summed E-state index contributed by atoms with van der Waals surface area (Å²) in [4.78, 5) is -0.946. The van der Waals surface area contributed by atoms with Gasteiger partial charge in [0.1, 0.15) is 0 Å². The molecule has 0 spiro atoms. The summed E-state index contributed by atoms with van der Waals surface area (Å²) in [5, 5.41) is 0. The monoisotopic (exact) mass is 262 g/mol. The van der Waals surface area contributed by atoms with Crippen molar-refractivity contribution in [2.24, 2.45) is 0 Å². The molecule has 0 aliphatic rings. The van der Waals surface area contributed by atoms with Crippen molar-refractivity contribution < 1.29 is 22.0 Å². The molecule has 1 aromatic rings. The molecule has 0 amide bonds. The molecule has 0 saturated heterocycles. The van der Waals surface area contributed by atoms with Crippen LogP contribution in [-0.4, -0.2) is 0 Å². The van der Waals surface area contributed by atoms with Gasteiger partial charge in [-0.1, -0.05) is 0 Å². The Morgan fingerprint density at radius 3 is 1.50 bits per heavy atom. The Hall–Kier alpha value is -0.260. The van der Waals surface area contributed by atoms with Gasteiger partial charge in [-0.15, -0.1) is 0 Å². The van der Waals surface area contributed by atoms with Crippen LogP contribution in [0.4, 0.5) is 22.0 Å². The highest BCUT2D eigenvalue weighted by Gasteiger charge is 2.25. The maximum absolute atomic E-state index is 12.8. The average molecular weight is 262 g/mol. The predicted molar refractivity (Wildman–Crippen MR) is 46.4 cm³/mol. The number of rotatable bonds is 2. The van der Waals surface area contributed by atoms with Crippen molar-refractivity contribution in [2.75, 3.05) is 0 Å². The van der Waals surface area contributed by atoms with Crippen LogP contribution < -0.4 is 0 Å². The third kappa shape index (κ3) is 1.89. The minimum absolute atomic E-state index is 0.0261. The number of halogens is 5. The van der Waals surface area contributed by atoms with E-state index in [1.807, 2.05) is 0 Å². The van der Waals surface area contributed by atoms with Crippen molar-refractivity contribution in [1.82, 2.24) is 0 Å². The van der Waals surface area contributed by atoms with Gasteiger partial charge in [-0.3, -0.25) is 0 Å². The van der Waals surface area contributed by atoms with Gasteiger partial charge in [-0.2, -0.15) is 0 Å². The summed E-state index contributed by atoms with van der Waals surface area (Å²) in [5.41, 5.74) is 0. The first-order valence-corrected chi connectivity index (χ1v) is 6.34. The van der Waals surface area contributed by atoms with Gasteiger partial charge >= 0.3 is 0 Å². The smallest absolute Gasteiger partial charge is 0.200 e. The SMILES string of the molecule is Fc1c(F)c(F)c(SP=S)c(F)c1F. The molecule has 0 fully saturated rings. The third-order valence-electron chi connectivity index (χ3n) is 1.30. The largest absolute Gasteiger partial charge is 0.202 e. The lowest BCUT2D eigenvalue weighted by Gasteiger charge is -2.03. The van der Waals surface area contributed by atoms with Crippen LogP contribution in [0.3, 0.4) is 0 Å². The fraction of sp³-hybridized carbons (Fsp3) is 0. The van der Waals surface area contributed by atoms with Gasteiger partial charge < -0.3 is 0 Å². The Bertz CT molecular complexity index is 365. The molecular weight excluding hydrogens is 262 g/mol. The summed E-state index contributed by atoms with van der Waals surface area (Å²) in [7, 11) is 0. The Labute approximate surface area is 86.1 Å². The lowest BCUT2D eigenvalue weighted by Crippen LogP contribution is -2.02. The Kier molecular flexibility index (Phi) is 3.80. The lowest BCUT2D eigenvalue weighted by atomic mass is 10.3. The van der Waals surface area contributed by atoms with E-state index in [-0.39, 0.29) is 6.56 Å². The Morgan fingerprint density at radius 1 is 0.786 bits per heavy atom. The molecule has 0 bridgehead atoms. The number of benzene rings is 1. The molecule has 0 N–H and O–H groups in total. The van der Waals surface area contributed by atoms with E-state index < -0.39 is 34.0 Å². The zero-order valence-corrected chi connectivity index (χ0v) is 8.68. The Morgan fingerprint density at radius 2 is 1.14 bits per heavy atom. The predicted octanol–water partition coefficient (Wildman–Crippen LogP) is 3.80. The zero-order chi connectivity index (χ0) is 10.9. The molecular formula is C6F5PS2. The summed E-state index contributed by atoms with van der Waals surface area (Å²) < 4.78 is 63.1. The van der Waals surface area contributed by atoms with Gasteiger partial charge in [-0.25, -0.2) is 22.0 Å². The van der Waals surface area contributed by atoms with Crippen LogP contribution >= 0.6 is 17.9 Å². The second-order valence-corrected chi connectivity index (χ2v) is 5.14. The standard InChI is InChI=1S/C6F5PS2/c7-1-2(8)4(10)6(14-12-13)5(11)3(1)9. The topological polar surface area (TPSA) is 0 Å². The van der Waals surface area contributed by atoms with E-state index >= 15 is 0 Å². The van der Waals surface area contributed by atoms with Gasteiger partial charge in [0, 0.05) is 6.56 Å². The second-order valence-electron chi connectivity index (χ2n) is 2.06. The normalized spacial score (nSPS) is 10.9. The van der Waals surface area contributed by atoms with E-state index in [9.17, 15) is 22.0 Å². The van der Waals surface area contributed by atoms with Gasteiger partial charge in [0.2, 0.25) is 5.82 Å². The second kappa shape index (κ2) is 4.51. The van der Waals surface area contributed by atoms with Crippen molar-refractivity contribution in [3.8, 4) is 0 Å². The summed E-state index contributed by atoms with van der Waals surface area (Å²) in [6.07, 6.45) is 0. The zero-order valence-electron chi connectivity index (χ0n) is 6.15. The highest BCUT2D eigenvalue weighted by atomic mass is 32.9. The van der Waals surface area contributed by atoms with Crippen LogP contribution in [0.15, 0.2) is 4.90 Å². The van der Waals surface area contributed by atoms with Gasteiger partial charge in [0.25, 0.3) is 0 Å². The van der Waals surface area contributed by atoms with Gasteiger partial charge in [0.05, 0.1) is 4.90 Å². The van der Waals surface area contributed by atoms with Crippen LogP contribution in [-0.2, 0) is 11.8 Å². The lowest BCUT2D eigenvalue weighted by molar-refractivity contribution is 0.361. The highest BCUT2D eigenvalue weighted by molar-refractivity contribution is 8.58. The molecule has 0 nitrogen and oxygen atoms in total. The third-order valence-corrected chi connectivity index (χ3v) is 3.36. The van der Waals surface area contributed by atoms with Crippen molar-refractivity contribution in [1.29, 1.82) is 0 Å². The average Bonchev–Trinajstić information content (AvgIpc) is 2.19. The summed E-state index contributed by atoms with van der Waals surface area (Å²) >= 11 is 4.69. The molecule has 0 saturated carbocycles. The van der Waals surface area contributed by atoms with E-state index in [1.54, 1.807) is 0 Å². The van der Waals surface area contributed by atoms with Crippen LogP contribution in [0.5, 0.6) is 0 Å². The van der Waals surface area contributed by atoms with E-state index in [0.29, 0.717) is 11.4 Å². The minimum atomic E-state index is -2.16. The summed E-state index contributed by atoms with van der Waals surface area (Å²) in [5.74, 6) is -9.76. The fourth-order valence-electron chi connectivity index (χ4n) is 0.702. The van der Waals surface area contributed by atoms with E-state index in [2.05, 4.69) is 11.8 Å². The van der Waals surface area contributed by atoms with E-state index in [1.165, 1.54) is 0 Å². The highest BCUT2D eigenvalue weighted by Crippen LogP contribution is 2.36. The maximum atomic E-state index is 12.8. The van der Waals surface area contributed by atoms with Gasteiger partial charge in [-0.05, 0) is 23.2 Å². The molecule has 0 atom stereocenters. The van der Waals surface area contributed by atoms with Crippen LogP contribution in [0.25, 0.3) is 0 Å². The van der Waals surface area contributed by atoms with Crippen LogP contribution in [0.2, 0.25) is 0 Å². The number of hydrogen-bond donors (Lipinski definition) is 0. The number of hydrogen-bond acceptors (Lipinski definition) is 2. The quantitative estimate of drug-likeness (QED) is 0.344. The van der Waals surface area contributed by atoms with Crippen LogP contribution in [0.1, 0.15) is 0 Å². The molecule has 0 unspecified atom stereocenters. The van der Waals surface area contributed by atoms with E-state index in [0.717, 1.165) is 0 Å². The Balaban J connectivity index is 3.50. The first-order valence-electron chi connectivity index (χ1n) is 3.01. The maximum Gasteiger partial charge on any atom is 0.200 e. The van der Waals surface area contributed by atoms with Crippen molar-refractivity contribution in [3.63, 3.8) is 0 Å². The molecule has 0 aliphatic carbocycles. The summed E-state index contributed by atoms with van der Waals surface area (Å²) in [6.45, 7) is 0.0261. The van der Waals surface area contributed by atoms with Crippen molar-refractivity contribution in [2.45, 2.75) is 4.90 Å². The first kappa shape index (κ1) is 11.8. The minimum Gasteiger partial charge on any atom is -0.202 e. The summed E-state index contributed by atoms with van der Waals surface area (Å²) in [6, 6.07) is 0. The fourth-order valence-corrected chi connectivity index (χ4v) is 2.49. The van der Waals surface area contributed by atoms with Crippen molar-refractivity contribution in [3.05, 3.63) is 29.1 Å². The van der Waals surface area contributed by atoms with Gasteiger partial charge in [0.15, 0.2) is 23.3 Å². The molecule has 0 aliphatic heterocycles. The van der Waals surface area contributed by atoms with E-state index in [4.69, 9.17) is 0 Å². The molecule has 0 radical (unpaired) electrons.